The molecule has 1 saturated heterocycles. The monoisotopic (exact) mass is 261 g/mol. The number of carbonyl (C=O) groups is 1. The molecule has 2 rings (SSSR count). The number of carboxylic acids is 1. The summed E-state index contributed by atoms with van der Waals surface area (Å²) in [6, 6.07) is 0. The molecule has 7 heteroatoms. The molecule has 0 aromatic carbocycles. The minimum absolute atomic E-state index is 0. The molecule has 0 radical (unpaired) electrons. The zero-order chi connectivity index (χ0) is 11.4. The summed E-state index contributed by atoms with van der Waals surface area (Å²) in [6.07, 6.45) is 2.93. The van der Waals surface area contributed by atoms with Gasteiger partial charge in [-0.2, -0.15) is 5.10 Å². The Morgan fingerprint density at radius 1 is 1.41 bits per heavy atom. The van der Waals surface area contributed by atoms with Gasteiger partial charge in [0.05, 0.1) is 31.5 Å². The normalized spacial score (nSPS) is 16.5. The lowest BCUT2D eigenvalue weighted by molar-refractivity contribution is 0.0359. The van der Waals surface area contributed by atoms with E-state index < -0.39 is 5.97 Å². The van der Waals surface area contributed by atoms with Crippen molar-refractivity contribution in [1.82, 2.24) is 14.7 Å². The fraction of sp³-hybridized carbons (Fsp3) is 0.600. The van der Waals surface area contributed by atoms with E-state index in [1.165, 1.54) is 6.20 Å². The summed E-state index contributed by atoms with van der Waals surface area (Å²) < 4.78 is 6.91. The third-order valence-electron chi connectivity index (χ3n) is 2.63. The summed E-state index contributed by atoms with van der Waals surface area (Å²) in [7, 11) is 0. The van der Waals surface area contributed by atoms with Crippen LogP contribution in [0.25, 0.3) is 0 Å². The molecule has 2 heterocycles. The zero-order valence-corrected chi connectivity index (χ0v) is 10.2. The number of nitrogens with zero attached hydrogens (tertiary/aromatic N) is 3. The van der Waals surface area contributed by atoms with Gasteiger partial charge in [-0.1, -0.05) is 0 Å². The van der Waals surface area contributed by atoms with Crippen LogP contribution in [0.5, 0.6) is 0 Å². The van der Waals surface area contributed by atoms with Crippen molar-refractivity contribution in [2.45, 2.75) is 6.54 Å². The van der Waals surface area contributed by atoms with E-state index in [2.05, 4.69) is 10.00 Å². The van der Waals surface area contributed by atoms with Crippen molar-refractivity contribution in [3.05, 3.63) is 18.0 Å². The second-order valence-corrected chi connectivity index (χ2v) is 3.75. The van der Waals surface area contributed by atoms with Gasteiger partial charge in [0.1, 0.15) is 0 Å². The van der Waals surface area contributed by atoms with Gasteiger partial charge >= 0.3 is 5.97 Å². The number of ether oxygens (including phenoxy) is 1. The molecule has 1 N–H and O–H groups in total. The fourth-order valence-corrected chi connectivity index (χ4v) is 1.66. The molecule has 0 spiro atoms. The summed E-state index contributed by atoms with van der Waals surface area (Å²) in [5, 5.41) is 12.7. The molecule has 1 fully saturated rings. The van der Waals surface area contributed by atoms with Gasteiger partial charge in [-0.25, -0.2) is 4.79 Å². The minimum Gasteiger partial charge on any atom is -0.478 e. The van der Waals surface area contributed by atoms with Gasteiger partial charge in [-0.15, -0.1) is 12.4 Å². The van der Waals surface area contributed by atoms with Crippen LogP contribution in [0.3, 0.4) is 0 Å². The Bertz CT molecular complexity index is 363. The van der Waals surface area contributed by atoms with Gasteiger partial charge in [-0.05, 0) is 0 Å². The van der Waals surface area contributed by atoms with E-state index in [1.54, 1.807) is 10.9 Å². The number of aromatic nitrogens is 2. The number of aromatic carboxylic acids is 1. The first-order valence-electron chi connectivity index (χ1n) is 5.31. The molecule has 0 unspecified atom stereocenters. The largest absolute Gasteiger partial charge is 0.478 e. The van der Waals surface area contributed by atoms with Crippen LogP contribution in [-0.2, 0) is 11.3 Å². The molecule has 17 heavy (non-hydrogen) atoms. The molecular formula is C10H16ClN3O3. The maximum Gasteiger partial charge on any atom is 0.338 e. The second-order valence-electron chi connectivity index (χ2n) is 3.75. The number of rotatable bonds is 4. The molecular weight excluding hydrogens is 246 g/mol. The maximum atomic E-state index is 10.6. The van der Waals surface area contributed by atoms with Crippen molar-refractivity contribution >= 4 is 18.4 Å². The summed E-state index contributed by atoms with van der Waals surface area (Å²) in [4.78, 5) is 12.9. The predicted molar refractivity (Wildman–Crippen MR) is 63.7 cm³/mol. The molecule has 1 aliphatic heterocycles. The highest BCUT2D eigenvalue weighted by Crippen LogP contribution is 2.00. The fourth-order valence-electron chi connectivity index (χ4n) is 1.66. The summed E-state index contributed by atoms with van der Waals surface area (Å²) in [6.45, 7) is 5.02. The van der Waals surface area contributed by atoms with E-state index >= 15 is 0 Å². The summed E-state index contributed by atoms with van der Waals surface area (Å²) in [5.74, 6) is -0.933. The van der Waals surface area contributed by atoms with E-state index in [1.807, 2.05) is 0 Å². The van der Waals surface area contributed by atoms with Gasteiger partial charge in [0.2, 0.25) is 0 Å². The molecule has 0 aliphatic carbocycles. The van der Waals surface area contributed by atoms with Crippen molar-refractivity contribution in [3.8, 4) is 0 Å². The van der Waals surface area contributed by atoms with Gasteiger partial charge in [0, 0.05) is 25.8 Å². The minimum atomic E-state index is -0.933. The van der Waals surface area contributed by atoms with E-state index in [4.69, 9.17) is 9.84 Å². The Balaban J connectivity index is 0.00000144. The van der Waals surface area contributed by atoms with Gasteiger partial charge in [0.25, 0.3) is 0 Å². The van der Waals surface area contributed by atoms with Crippen molar-refractivity contribution in [2.24, 2.45) is 0 Å². The Kier molecular flexibility index (Phi) is 5.40. The number of halogens is 1. The molecule has 1 aromatic rings. The van der Waals surface area contributed by atoms with E-state index in [0.717, 1.165) is 32.8 Å². The third-order valence-corrected chi connectivity index (χ3v) is 2.63. The Labute approximate surface area is 106 Å². The lowest BCUT2D eigenvalue weighted by atomic mass is 10.4. The maximum absolute atomic E-state index is 10.6. The lowest BCUT2D eigenvalue weighted by Crippen LogP contribution is -2.38. The van der Waals surface area contributed by atoms with Crippen LogP contribution < -0.4 is 0 Å². The van der Waals surface area contributed by atoms with E-state index in [-0.39, 0.29) is 18.0 Å². The summed E-state index contributed by atoms with van der Waals surface area (Å²) in [5.41, 5.74) is 0.238. The molecule has 0 bridgehead atoms. The molecule has 0 amide bonds. The quantitative estimate of drug-likeness (QED) is 0.846. The first-order valence-corrected chi connectivity index (χ1v) is 5.31. The van der Waals surface area contributed by atoms with Crippen molar-refractivity contribution in [2.75, 3.05) is 32.8 Å². The van der Waals surface area contributed by atoms with Gasteiger partial charge < -0.3 is 9.84 Å². The van der Waals surface area contributed by atoms with Crippen LogP contribution >= 0.6 is 12.4 Å². The average Bonchev–Trinajstić information content (AvgIpc) is 2.76. The van der Waals surface area contributed by atoms with E-state index in [0.29, 0.717) is 6.54 Å². The second kappa shape index (κ2) is 6.58. The molecule has 1 aromatic heterocycles. The van der Waals surface area contributed by atoms with Crippen molar-refractivity contribution in [3.63, 3.8) is 0 Å². The van der Waals surface area contributed by atoms with Gasteiger partial charge in [0.15, 0.2) is 0 Å². The molecule has 6 nitrogen and oxygen atoms in total. The van der Waals surface area contributed by atoms with E-state index in [9.17, 15) is 4.79 Å². The standard InChI is InChI=1S/C10H15N3O3.ClH/c14-10(15)9-7-11-13(8-9)2-1-12-3-5-16-6-4-12;/h7-8H,1-6H2,(H,14,15);1H. The van der Waals surface area contributed by atoms with Crippen molar-refractivity contribution < 1.29 is 14.6 Å². The number of morpholine rings is 1. The van der Waals surface area contributed by atoms with Crippen LogP contribution in [0.2, 0.25) is 0 Å². The molecule has 0 saturated carbocycles. The summed E-state index contributed by atoms with van der Waals surface area (Å²) >= 11 is 0. The highest BCUT2D eigenvalue weighted by Gasteiger charge is 2.11. The predicted octanol–water partition coefficient (Wildman–Crippen LogP) is 0.335. The Morgan fingerprint density at radius 2 is 2.12 bits per heavy atom. The number of hydrogen-bond acceptors (Lipinski definition) is 4. The highest BCUT2D eigenvalue weighted by molar-refractivity contribution is 5.86. The molecule has 0 atom stereocenters. The average molecular weight is 262 g/mol. The Hall–Kier alpha value is -1.11. The van der Waals surface area contributed by atoms with Crippen LogP contribution in [0.4, 0.5) is 0 Å². The molecule has 96 valence electrons. The smallest absolute Gasteiger partial charge is 0.338 e. The van der Waals surface area contributed by atoms with Crippen molar-refractivity contribution in [1.29, 1.82) is 0 Å². The number of hydrogen-bond donors (Lipinski definition) is 1. The first kappa shape index (κ1) is 14.0. The SMILES string of the molecule is Cl.O=C(O)c1cnn(CCN2CCOCC2)c1. The van der Waals surface area contributed by atoms with Gasteiger partial charge in [-0.3, -0.25) is 9.58 Å². The first-order chi connectivity index (χ1) is 7.75. The highest BCUT2D eigenvalue weighted by atomic mass is 35.5. The topological polar surface area (TPSA) is 67.6 Å². The van der Waals surface area contributed by atoms with Crippen LogP contribution in [-0.4, -0.2) is 58.6 Å². The van der Waals surface area contributed by atoms with Crippen LogP contribution in [0, 0.1) is 0 Å². The lowest BCUT2D eigenvalue weighted by Gasteiger charge is -2.26. The zero-order valence-electron chi connectivity index (χ0n) is 9.41. The van der Waals surface area contributed by atoms with Crippen LogP contribution in [0.15, 0.2) is 12.4 Å². The van der Waals surface area contributed by atoms with Crippen LogP contribution in [0.1, 0.15) is 10.4 Å². The molecule has 1 aliphatic rings. The number of carboxylic acid groups (broad SMARTS) is 1. The third kappa shape index (κ3) is 3.99. The Morgan fingerprint density at radius 3 is 2.71 bits per heavy atom.